The lowest BCUT2D eigenvalue weighted by molar-refractivity contribution is 0.0696. The van der Waals surface area contributed by atoms with Crippen LogP contribution in [0.1, 0.15) is 40.4 Å². The lowest BCUT2D eigenvalue weighted by Crippen LogP contribution is -2.17. The third-order valence-corrected chi connectivity index (χ3v) is 5.46. The Kier molecular flexibility index (Phi) is 6.51. The quantitative estimate of drug-likeness (QED) is 0.553. The summed E-state index contributed by atoms with van der Waals surface area (Å²) >= 11 is 12.2. The predicted molar refractivity (Wildman–Crippen MR) is 115 cm³/mol. The number of hydrogen-bond acceptors (Lipinski definition) is 4. The molecule has 2 N–H and O–H groups in total. The molecule has 0 amide bonds. The number of aliphatic hydroxyl groups excluding tert-OH is 1. The van der Waals surface area contributed by atoms with Crippen molar-refractivity contribution < 1.29 is 19.7 Å². The first kappa shape index (κ1) is 21.9. The maximum absolute atomic E-state index is 11.6. The van der Waals surface area contributed by atoms with E-state index in [-0.39, 0.29) is 16.1 Å². The SMILES string of the molecule is C[C@@H](c1cc(Oc2ccc(Cl)c(C(=O)O)c2)ccc1Cl)C(O)c1ccc(=O)n(C)c1. The highest BCUT2D eigenvalue weighted by molar-refractivity contribution is 6.33. The second kappa shape index (κ2) is 8.92. The van der Waals surface area contributed by atoms with E-state index < -0.39 is 18.0 Å². The van der Waals surface area contributed by atoms with Gasteiger partial charge in [-0.25, -0.2) is 4.79 Å². The summed E-state index contributed by atoms with van der Waals surface area (Å²) in [6, 6.07) is 12.3. The first-order chi connectivity index (χ1) is 14.2. The van der Waals surface area contributed by atoms with Gasteiger partial charge in [-0.15, -0.1) is 0 Å². The van der Waals surface area contributed by atoms with Gasteiger partial charge in [-0.1, -0.05) is 30.1 Å². The van der Waals surface area contributed by atoms with E-state index in [9.17, 15) is 19.8 Å². The average Bonchev–Trinajstić information content (AvgIpc) is 2.71. The first-order valence-electron chi connectivity index (χ1n) is 9.02. The lowest BCUT2D eigenvalue weighted by atomic mass is 9.91. The van der Waals surface area contributed by atoms with Crippen molar-refractivity contribution in [3.05, 3.63) is 91.8 Å². The van der Waals surface area contributed by atoms with Crippen LogP contribution in [0.25, 0.3) is 0 Å². The molecule has 2 aromatic carbocycles. The molecule has 6 nitrogen and oxygen atoms in total. The number of carboxylic acid groups (broad SMARTS) is 1. The van der Waals surface area contributed by atoms with E-state index in [0.717, 1.165) is 0 Å². The number of rotatable bonds is 6. The van der Waals surface area contributed by atoms with Gasteiger partial charge in [-0.05, 0) is 53.6 Å². The molecule has 3 aromatic rings. The number of carboxylic acids is 1. The van der Waals surface area contributed by atoms with Crippen LogP contribution in [0.15, 0.2) is 59.5 Å². The number of aromatic carboxylic acids is 1. The molecule has 156 valence electrons. The number of aromatic nitrogens is 1. The number of benzene rings is 2. The van der Waals surface area contributed by atoms with Crippen molar-refractivity contribution in [1.82, 2.24) is 4.57 Å². The van der Waals surface area contributed by atoms with Crippen LogP contribution in [0.3, 0.4) is 0 Å². The van der Waals surface area contributed by atoms with Gasteiger partial charge in [0.15, 0.2) is 0 Å². The topological polar surface area (TPSA) is 88.8 Å². The molecule has 0 aliphatic rings. The molecule has 2 atom stereocenters. The number of pyridine rings is 1. The Labute approximate surface area is 182 Å². The molecule has 0 aliphatic heterocycles. The Morgan fingerprint density at radius 3 is 2.30 bits per heavy atom. The predicted octanol–water partition coefficient (Wildman–Crippen LogP) is 5.02. The van der Waals surface area contributed by atoms with Gasteiger partial charge in [0.25, 0.3) is 0 Å². The Morgan fingerprint density at radius 1 is 1.03 bits per heavy atom. The summed E-state index contributed by atoms with van der Waals surface area (Å²) < 4.78 is 7.18. The maximum Gasteiger partial charge on any atom is 0.337 e. The van der Waals surface area contributed by atoms with E-state index in [1.165, 1.54) is 22.8 Å². The van der Waals surface area contributed by atoms with E-state index in [2.05, 4.69) is 0 Å². The van der Waals surface area contributed by atoms with Crippen LogP contribution in [0, 0.1) is 0 Å². The smallest absolute Gasteiger partial charge is 0.337 e. The van der Waals surface area contributed by atoms with Gasteiger partial charge >= 0.3 is 5.97 Å². The van der Waals surface area contributed by atoms with Crippen LogP contribution < -0.4 is 10.3 Å². The van der Waals surface area contributed by atoms with Crippen molar-refractivity contribution in [2.45, 2.75) is 18.9 Å². The fraction of sp³-hybridized carbons (Fsp3) is 0.182. The van der Waals surface area contributed by atoms with Crippen molar-refractivity contribution in [3.8, 4) is 11.5 Å². The lowest BCUT2D eigenvalue weighted by Gasteiger charge is -2.22. The summed E-state index contributed by atoms with van der Waals surface area (Å²) in [5.74, 6) is -0.835. The third-order valence-electron chi connectivity index (χ3n) is 4.79. The van der Waals surface area contributed by atoms with Crippen molar-refractivity contribution in [2.24, 2.45) is 7.05 Å². The van der Waals surface area contributed by atoms with Crippen LogP contribution in [0.5, 0.6) is 11.5 Å². The monoisotopic (exact) mass is 447 g/mol. The number of aryl methyl sites for hydroxylation is 1. The summed E-state index contributed by atoms with van der Waals surface area (Å²) in [6.45, 7) is 1.81. The number of halogens is 2. The molecule has 0 saturated heterocycles. The van der Waals surface area contributed by atoms with E-state index >= 15 is 0 Å². The van der Waals surface area contributed by atoms with Gasteiger partial charge in [-0.2, -0.15) is 0 Å². The molecule has 3 rings (SSSR count). The van der Waals surface area contributed by atoms with Crippen molar-refractivity contribution in [2.75, 3.05) is 0 Å². The molecule has 0 aliphatic carbocycles. The van der Waals surface area contributed by atoms with E-state index in [0.29, 0.717) is 27.6 Å². The van der Waals surface area contributed by atoms with E-state index in [1.54, 1.807) is 43.6 Å². The minimum absolute atomic E-state index is 0.0677. The van der Waals surface area contributed by atoms with Crippen molar-refractivity contribution >= 4 is 29.2 Å². The third kappa shape index (κ3) is 4.67. The second-order valence-corrected chi connectivity index (χ2v) is 7.69. The summed E-state index contributed by atoms with van der Waals surface area (Å²) in [7, 11) is 1.61. The fourth-order valence-electron chi connectivity index (χ4n) is 3.05. The highest BCUT2D eigenvalue weighted by Crippen LogP contribution is 2.37. The molecule has 30 heavy (non-hydrogen) atoms. The molecular weight excluding hydrogens is 429 g/mol. The normalized spacial score (nSPS) is 13.0. The number of aliphatic hydroxyl groups is 1. The molecule has 8 heteroatoms. The molecule has 1 heterocycles. The van der Waals surface area contributed by atoms with Crippen molar-refractivity contribution in [3.63, 3.8) is 0 Å². The molecule has 0 saturated carbocycles. The molecular formula is C22H19Cl2NO5. The van der Waals surface area contributed by atoms with Gasteiger partial charge in [0, 0.05) is 30.3 Å². The standard InChI is InChI=1S/C22H19Cl2NO5/c1-12(21(27)13-3-8-20(26)25(2)11-13)16-9-14(4-6-18(16)23)30-15-5-7-19(24)17(10-15)22(28)29/h3-12,21,27H,1-2H3,(H,28,29)/t12-,21?/m0/s1. The molecule has 0 fully saturated rings. The van der Waals surface area contributed by atoms with Crippen LogP contribution in [0.4, 0.5) is 0 Å². The highest BCUT2D eigenvalue weighted by Gasteiger charge is 2.22. The highest BCUT2D eigenvalue weighted by atomic mass is 35.5. The number of hydrogen-bond donors (Lipinski definition) is 2. The fourth-order valence-corrected chi connectivity index (χ4v) is 3.54. The Hall–Kier alpha value is -2.80. The molecule has 0 radical (unpaired) electrons. The zero-order valence-corrected chi connectivity index (χ0v) is 17.7. The van der Waals surface area contributed by atoms with E-state index in [4.69, 9.17) is 27.9 Å². The maximum atomic E-state index is 11.6. The van der Waals surface area contributed by atoms with Gasteiger partial charge in [-0.3, -0.25) is 4.79 Å². The largest absolute Gasteiger partial charge is 0.478 e. The zero-order chi connectivity index (χ0) is 22.0. The number of carbonyl (C=O) groups is 1. The second-order valence-electron chi connectivity index (χ2n) is 6.88. The Balaban J connectivity index is 1.89. The summed E-state index contributed by atoms with van der Waals surface area (Å²) in [4.78, 5) is 22.9. The zero-order valence-electron chi connectivity index (χ0n) is 16.2. The van der Waals surface area contributed by atoms with Crippen LogP contribution in [0.2, 0.25) is 10.0 Å². The van der Waals surface area contributed by atoms with Gasteiger partial charge < -0.3 is 19.5 Å². The van der Waals surface area contributed by atoms with Crippen LogP contribution in [-0.2, 0) is 7.05 Å². The number of ether oxygens (including phenoxy) is 1. The van der Waals surface area contributed by atoms with Gasteiger partial charge in [0.1, 0.15) is 11.5 Å². The van der Waals surface area contributed by atoms with Gasteiger partial charge in [0.2, 0.25) is 5.56 Å². The Morgan fingerprint density at radius 2 is 1.67 bits per heavy atom. The summed E-state index contributed by atoms with van der Waals surface area (Å²) in [5.41, 5.74) is 0.983. The molecule has 1 aromatic heterocycles. The first-order valence-corrected chi connectivity index (χ1v) is 9.77. The molecule has 0 spiro atoms. The van der Waals surface area contributed by atoms with Crippen LogP contribution >= 0.6 is 23.2 Å². The van der Waals surface area contributed by atoms with E-state index in [1.807, 2.05) is 6.92 Å². The minimum atomic E-state index is -1.16. The summed E-state index contributed by atoms with van der Waals surface area (Å²) in [5, 5.41) is 20.6. The minimum Gasteiger partial charge on any atom is -0.478 e. The summed E-state index contributed by atoms with van der Waals surface area (Å²) in [6.07, 6.45) is 0.678. The molecule has 0 bridgehead atoms. The number of nitrogens with zero attached hydrogens (tertiary/aromatic N) is 1. The van der Waals surface area contributed by atoms with Crippen LogP contribution in [-0.4, -0.2) is 20.7 Å². The van der Waals surface area contributed by atoms with Crippen molar-refractivity contribution in [1.29, 1.82) is 0 Å². The van der Waals surface area contributed by atoms with Gasteiger partial charge in [0.05, 0.1) is 16.7 Å². The average molecular weight is 448 g/mol. The Bertz CT molecular complexity index is 1160. The molecule has 1 unspecified atom stereocenters.